The molecular weight excluding hydrogens is 483 g/mol. The molecule has 3 heterocycles. The van der Waals surface area contributed by atoms with Crippen LogP contribution in [0.4, 0.5) is 4.39 Å². The summed E-state index contributed by atoms with van der Waals surface area (Å²) >= 11 is 1.36. The van der Waals surface area contributed by atoms with Crippen LogP contribution in [-0.2, 0) is 10.2 Å². The molecular formula is C27H25FN2O5S. The van der Waals surface area contributed by atoms with E-state index in [1.165, 1.54) is 24.5 Å². The number of aromatic nitrogens is 1. The minimum absolute atomic E-state index is 0.121. The smallest absolute Gasteiger partial charge is 0.251 e. The van der Waals surface area contributed by atoms with E-state index in [1.807, 2.05) is 29.6 Å². The number of hydrogen-bond acceptors (Lipinski definition) is 7. The maximum Gasteiger partial charge on any atom is 0.251 e. The van der Waals surface area contributed by atoms with Crippen LogP contribution in [0.15, 0.2) is 60.0 Å². The van der Waals surface area contributed by atoms with E-state index in [0.717, 1.165) is 22.3 Å². The molecule has 0 atom stereocenters. The minimum Gasteiger partial charge on any atom is -0.493 e. The van der Waals surface area contributed by atoms with Gasteiger partial charge in [0.15, 0.2) is 11.5 Å². The number of aliphatic hydroxyl groups excluding tert-OH is 1. The number of nitrogens with zero attached hydrogens (tertiary/aromatic N) is 1. The summed E-state index contributed by atoms with van der Waals surface area (Å²) in [5.41, 5.74) is 2.41. The number of hydrogen-bond donors (Lipinski definition) is 2. The van der Waals surface area contributed by atoms with E-state index in [-0.39, 0.29) is 24.9 Å². The fraction of sp³-hybridized carbons (Fsp3) is 0.259. The van der Waals surface area contributed by atoms with Crippen LogP contribution in [0.25, 0.3) is 21.3 Å². The lowest BCUT2D eigenvalue weighted by Crippen LogP contribution is -2.54. The largest absolute Gasteiger partial charge is 0.493 e. The first-order valence-electron chi connectivity index (χ1n) is 11.5. The number of aliphatic hydroxyl groups is 1. The summed E-state index contributed by atoms with van der Waals surface area (Å²) < 4.78 is 31.1. The first-order chi connectivity index (χ1) is 17.5. The molecule has 5 rings (SSSR count). The summed E-state index contributed by atoms with van der Waals surface area (Å²) in [6.45, 7) is 1.21. The molecule has 186 valence electrons. The van der Waals surface area contributed by atoms with E-state index in [2.05, 4.69) is 5.32 Å². The number of pyridine rings is 1. The number of carbonyl (C=O) groups is 1. The topological polar surface area (TPSA) is 89.9 Å². The van der Waals surface area contributed by atoms with Crippen LogP contribution < -0.4 is 14.8 Å². The highest BCUT2D eigenvalue weighted by molar-refractivity contribution is 7.17. The second-order valence-corrected chi connectivity index (χ2v) is 9.45. The maximum absolute atomic E-state index is 14.2. The standard InChI is InChI=1S/C27H25FN2O5S/c1-33-23-12-17(8-9-22(23)35-11-10-31)26(32)29-14-27(15-34-16-27)24-7-3-6-21(30-24)19-13-36-25-18(19)4-2-5-20(25)28/h2-9,12-13,31H,10-11,14-16H2,1H3,(H,29,32). The molecule has 2 aromatic heterocycles. The van der Waals surface area contributed by atoms with Crippen LogP contribution >= 0.6 is 11.3 Å². The van der Waals surface area contributed by atoms with Crippen molar-refractivity contribution in [3.63, 3.8) is 0 Å². The van der Waals surface area contributed by atoms with Crippen molar-refractivity contribution in [3.8, 4) is 22.8 Å². The van der Waals surface area contributed by atoms with Crippen molar-refractivity contribution in [1.82, 2.24) is 10.3 Å². The summed E-state index contributed by atoms with van der Waals surface area (Å²) in [5, 5.41) is 14.7. The Kier molecular flexibility index (Phi) is 6.86. The molecule has 0 aliphatic carbocycles. The van der Waals surface area contributed by atoms with Gasteiger partial charge in [-0.1, -0.05) is 18.2 Å². The van der Waals surface area contributed by atoms with Gasteiger partial charge in [-0.25, -0.2) is 4.39 Å². The summed E-state index contributed by atoms with van der Waals surface area (Å²) in [4.78, 5) is 17.8. The molecule has 0 bridgehead atoms. The third-order valence-electron chi connectivity index (χ3n) is 6.24. The van der Waals surface area contributed by atoms with Crippen molar-refractivity contribution in [2.45, 2.75) is 5.41 Å². The maximum atomic E-state index is 14.2. The van der Waals surface area contributed by atoms with Crippen molar-refractivity contribution >= 4 is 27.3 Å². The highest BCUT2D eigenvalue weighted by Crippen LogP contribution is 2.37. The van der Waals surface area contributed by atoms with Gasteiger partial charge >= 0.3 is 0 Å². The van der Waals surface area contributed by atoms with Crippen molar-refractivity contribution in [3.05, 3.63) is 77.1 Å². The number of rotatable bonds is 9. The Bertz CT molecular complexity index is 1400. The highest BCUT2D eigenvalue weighted by atomic mass is 32.1. The van der Waals surface area contributed by atoms with Crippen LogP contribution in [0.2, 0.25) is 0 Å². The van der Waals surface area contributed by atoms with Crippen LogP contribution in [0.3, 0.4) is 0 Å². The molecule has 4 aromatic rings. The van der Waals surface area contributed by atoms with Crippen molar-refractivity contribution in [2.75, 3.05) is 40.1 Å². The summed E-state index contributed by atoms with van der Waals surface area (Å²) in [6.07, 6.45) is 0. The number of fused-ring (bicyclic) bond motifs is 1. The lowest BCUT2D eigenvalue weighted by Gasteiger charge is -2.41. The highest BCUT2D eigenvalue weighted by Gasteiger charge is 2.42. The number of methoxy groups -OCH3 is 1. The number of thiophene rings is 1. The Morgan fingerprint density at radius 3 is 2.78 bits per heavy atom. The normalized spacial score (nSPS) is 14.3. The number of amides is 1. The lowest BCUT2D eigenvalue weighted by atomic mass is 9.81. The van der Waals surface area contributed by atoms with Gasteiger partial charge in [-0.15, -0.1) is 11.3 Å². The summed E-state index contributed by atoms with van der Waals surface area (Å²) in [7, 11) is 1.49. The molecule has 9 heteroatoms. The van der Waals surface area contributed by atoms with Gasteiger partial charge in [0.2, 0.25) is 0 Å². The summed E-state index contributed by atoms with van der Waals surface area (Å²) in [6, 6.07) is 15.7. The molecule has 2 aromatic carbocycles. The van der Waals surface area contributed by atoms with Gasteiger partial charge in [0, 0.05) is 28.4 Å². The third kappa shape index (κ3) is 4.53. The zero-order valence-corrected chi connectivity index (χ0v) is 20.4. The van der Waals surface area contributed by atoms with Crippen LogP contribution in [0.1, 0.15) is 16.1 Å². The minimum atomic E-state index is -0.461. The van der Waals surface area contributed by atoms with Gasteiger partial charge in [-0.3, -0.25) is 9.78 Å². The monoisotopic (exact) mass is 508 g/mol. The molecule has 2 N–H and O–H groups in total. The second kappa shape index (κ2) is 10.2. The number of halogens is 1. The van der Waals surface area contributed by atoms with Gasteiger partial charge in [0.05, 0.1) is 48.4 Å². The van der Waals surface area contributed by atoms with E-state index >= 15 is 0 Å². The van der Waals surface area contributed by atoms with Crippen LogP contribution in [0.5, 0.6) is 11.5 Å². The van der Waals surface area contributed by atoms with Crippen molar-refractivity contribution in [2.24, 2.45) is 0 Å². The van der Waals surface area contributed by atoms with Gasteiger partial charge < -0.3 is 24.6 Å². The predicted molar refractivity (Wildman–Crippen MR) is 135 cm³/mol. The first-order valence-corrected chi connectivity index (χ1v) is 12.3. The average Bonchev–Trinajstić information content (AvgIpc) is 3.32. The molecule has 0 unspecified atom stereocenters. The molecule has 1 saturated heterocycles. The molecule has 0 spiro atoms. The van der Waals surface area contributed by atoms with Gasteiger partial charge in [0.1, 0.15) is 12.4 Å². The number of ether oxygens (including phenoxy) is 3. The molecule has 1 amide bonds. The molecule has 1 aliphatic rings. The Balaban J connectivity index is 1.35. The molecule has 1 fully saturated rings. The molecule has 1 aliphatic heterocycles. The number of carbonyl (C=O) groups excluding carboxylic acids is 1. The van der Waals surface area contributed by atoms with E-state index < -0.39 is 5.41 Å². The quantitative estimate of drug-likeness (QED) is 0.353. The van der Waals surface area contributed by atoms with E-state index in [1.54, 1.807) is 24.3 Å². The fourth-order valence-corrected chi connectivity index (χ4v) is 5.19. The van der Waals surface area contributed by atoms with Crippen LogP contribution in [0, 0.1) is 5.82 Å². The molecule has 0 radical (unpaired) electrons. The average molecular weight is 509 g/mol. The number of benzene rings is 2. The third-order valence-corrected chi connectivity index (χ3v) is 7.24. The zero-order chi connectivity index (χ0) is 25.1. The Hall–Kier alpha value is -3.53. The van der Waals surface area contributed by atoms with E-state index in [9.17, 15) is 9.18 Å². The molecule has 0 saturated carbocycles. The lowest BCUT2D eigenvalue weighted by molar-refractivity contribution is -0.0600. The Morgan fingerprint density at radius 2 is 2.03 bits per heavy atom. The second-order valence-electron chi connectivity index (χ2n) is 8.57. The fourth-order valence-electron chi connectivity index (χ4n) is 4.22. The number of nitrogens with one attached hydrogen (secondary N) is 1. The SMILES string of the molecule is COc1cc(C(=O)NCC2(c3cccc(-c4csc5c(F)cccc45)n3)COC2)ccc1OCCO. The molecule has 36 heavy (non-hydrogen) atoms. The first kappa shape index (κ1) is 24.2. The van der Waals surface area contributed by atoms with Gasteiger partial charge in [-0.05, 0) is 36.4 Å². The summed E-state index contributed by atoms with van der Waals surface area (Å²) in [5.74, 6) is 0.361. The predicted octanol–water partition coefficient (Wildman–Crippen LogP) is 4.18. The zero-order valence-electron chi connectivity index (χ0n) is 19.6. The molecule has 7 nitrogen and oxygen atoms in total. The van der Waals surface area contributed by atoms with Crippen molar-refractivity contribution < 1.29 is 28.5 Å². The Labute approximate surface area is 211 Å². The van der Waals surface area contributed by atoms with Gasteiger partial charge in [0.25, 0.3) is 5.91 Å². The van der Waals surface area contributed by atoms with E-state index in [4.69, 9.17) is 24.3 Å². The van der Waals surface area contributed by atoms with Crippen molar-refractivity contribution in [1.29, 1.82) is 0 Å². The van der Waals surface area contributed by atoms with E-state index in [0.29, 0.717) is 41.5 Å². The Morgan fingerprint density at radius 1 is 1.19 bits per heavy atom. The van der Waals surface area contributed by atoms with Crippen LogP contribution in [-0.4, -0.2) is 56.1 Å². The van der Waals surface area contributed by atoms with Gasteiger partial charge in [-0.2, -0.15) is 0 Å².